The molecule has 0 saturated carbocycles. The molecule has 0 aliphatic carbocycles. The highest BCUT2D eigenvalue weighted by Crippen LogP contribution is 2.32. The van der Waals surface area contributed by atoms with Crippen LogP contribution in [-0.2, 0) is 11.2 Å². The number of benzene rings is 2. The number of nitrogens with zero attached hydrogens (tertiary/aromatic N) is 4. The molecule has 6 nitrogen and oxygen atoms in total. The Hall–Kier alpha value is -2.80. The van der Waals surface area contributed by atoms with Crippen molar-refractivity contribution in [1.29, 1.82) is 0 Å². The first-order valence-corrected chi connectivity index (χ1v) is 11.1. The number of rotatable bonds is 5. The molecule has 0 atom stereocenters. The standard InChI is InChI=1S/C23H26N4O2S/c1-15-12-16(2)20-6-5-11-26(21(20)13-15)22(28)14-30-23-25-24-17(3)27(23)18-7-9-19(29-4)10-8-18/h7-10,12-13H,5-6,11,14H2,1-4H3. The molecule has 0 unspecified atom stereocenters. The maximum Gasteiger partial charge on any atom is 0.237 e. The number of hydrogen-bond acceptors (Lipinski definition) is 5. The van der Waals surface area contributed by atoms with Gasteiger partial charge in [0.25, 0.3) is 0 Å². The number of fused-ring (bicyclic) bond motifs is 1. The van der Waals surface area contributed by atoms with Gasteiger partial charge < -0.3 is 9.64 Å². The van der Waals surface area contributed by atoms with E-state index in [1.807, 2.05) is 40.7 Å². The Balaban J connectivity index is 1.53. The quantitative estimate of drug-likeness (QED) is 0.575. The van der Waals surface area contributed by atoms with Crippen molar-refractivity contribution in [2.75, 3.05) is 24.3 Å². The van der Waals surface area contributed by atoms with Crippen molar-refractivity contribution in [3.05, 3.63) is 58.9 Å². The maximum atomic E-state index is 13.1. The Bertz CT molecular complexity index is 1080. The van der Waals surface area contributed by atoms with E-state index in [2.05, 4.69) is 36.2 Å². The Labute approximate surface area is 181 Å². The summed E-state index contributed by atoms with van der Waals surface area (Å²) in [5.74, 6) is 2.00. The van der Waals surface area contributed by atoms with Crippen molar-refractivity contribution < 1.29 is 9.53 Å². The normalized spacial score (nSPS) is 13.3. The lowest BCUT2D eigenvalue weighted by Crippen LogP contribution is -2.37. The van der Waals surface area contributed by atoms with Crippen LogP contribution in [0.25, 0.3) is 5.69 Å². The van der Waals surface area contributed by atoms with E-state index in [1.165, 1.54) is 28.5 Å². The van der Waals surface area contributed by atoms with Crippen LogP contribution >= 0.6 is 11.8 Å². The summed E-state index contributed by atoms with van der Waals surface area (Å²) in [6.45, 7) is 6.89. The Morgan fingerprint density at radius 1 is 1.13 bits per heavy atom. The summed E-state index contributed by atoms with van der Waals surface area (Å²) in [6.07, 6.45) is 2.03. The largest absolute Gasteiger partial charge is 0.497 e. The zero-order valence-corrected chi connectivity index (χ0v) is 18.6. The molecule has 2 heterocycles. The lowest BCUT2D eigenvalue weighted by atomic mass is 9.95. The van der Waals surface area contributed by atoms with Crippen LogP contribution in [0.3, 0.4) is 0 Å². The van der Waals surface area contributed by atoms with E-state index < -0.39 is 0 Å². The van der Waals surface area contributed by atoms with Crippen LogP contribution in [0.5, 0.6) is 5.75 Å². The van der Waals surface area contributed by atoms with Gasteiger partial charge in [-0.25, -0.2) is 0 Å². The van der Waals surface area contributed by atoms with E-state index in [0.29, 0.717) is 10.9 Å². The van der Waals surface area contributed by atoms with Gasteiger partial charge in [-0.15, -0.1) is 10.2 Å². The van der Waals surface area contributed by atoms with E-state index in [-0.39, 0.29) is 5.91 Å². The summed E-state index contributed by atoms with van der Waals surface area (Å²) in [4.78, 5) is 15.1. The molecule has 30 heavy (non-hydrogen) atoms. The SMILES string of the molecule is COc1ccc(-n2c(C)nnc2SCC(=O)N2CCCc3c(C)cc(C)cc32)cc1. The van der Waals surface area contributed by atoms with Gasteiger partial charge in [0.05, 0.1) is 12.9 Å². The minimum absolute atomic E-state index is 0.105. The van der Waals surface area contributed by atoms with Crippen LogP contribution in [0.15, 0.2) is 41.6 Å². The number of amides is 1. The average Bonchev–Trinajstić information content (AvgIpc) is 3.12. The van der Waals surface area contributed by atoms with Crippen molar-refractivity contribution in [2.24, 2.45) is 0 Å². The number of aromatic nitrogens is 3. The number of methoxy groups -OCH3 is 1. The molecule has 1 amide bonds. The molecule has 2 aromatic carbocycles. The van der Waals surface area contributed by atoms with E-state index in [0.717, 1.165) is 42.3 Å². The third-order valence-electron chi connectivity index (χ3n) is 5.44. The second kappa shape index (κ2) is 8.52. The Morgan fingerprint density at radius 3 is 2.63 bits per heavy atom. The number of carbonyl (C=O) groups is 1. The fraction of sp³-hybridized carbons (Fsp3) is 0.348. The number of thioether (sulfide) groups is 1. The summed E-state index contributed by atoms with van der Waals surface area (Å²) in [6, 6.07) is 12.1. The Morgan fingerprint density at radius 2 is 1.90 bits per heavy atom. The van der Waals surface area contributed by atoms with Gasteiger partial charge >= 0.3 is 0 Å². The summed E-state index contributed by atoms with van der Waals surface area (Å²) in [5.41, 5.74) is 5.76. The number of aryl methyl sites for hydroxylation is 3. The number of carbonyl (C=O) groups excluding carboxylic acids is 1. The molecule has 0 saturated heterocycles. The van der Waals surface area contributed by atoms with Crippen LogP contribution in [0.4, 0.5) is 5.69 Å². The first-order chi connectivity index (χ1) is 14.5. The number of anilines is 1. The zero-order chi connectivity index (χ0) is 21.3. The first kappa shape index (κ1) is 20.5. The van der Waals surface area contributed by atoms with Crippen LogP contribution in [-0.4, -0.2) is 40.1 Å². The fourth-order valence-electron chi connectivity index (χ4n) is 4.00. The van der Waals surface area contributed by atoms with E-state index in [9.17, 15) is 4.79 Å². The van der Waals surface area contributed by atoms with E-state index >= 15 is 0 Å². The lowest BCUT2D eigenvalue weighted by molar-refractivity contribution is -0.116. The molecule has 1 aliphatic rings. The smallest absolute Gasteiger partial charge is 0.237 e. The van der Waals surface area contributed by atoms with Crippen LogP contribution in [0, 0.1) is 20.8 Å². The predicted octanol–water partition coefficient (Wildman–Crippen LogP) is 4.27. The highest BCUT2D eigenvalue weighted by atomic mass is 32.2. The van der Waals surface area contributed by atoms with Crippen LogP contribution in [0.1, 0.15) is 28.9 Å². The lowest BCUT2D eigenvalue weighted by Gasteiger charge is -2.31. The summed E-state index contributed by atoms with van der Waals surface area (Å²) >= 11 is 1.42. The number of ether oxygens (including phenoxy) is 1. The average molecular weight is 423 g/mol. The highest BCUT2D eigenvalue weighted by molar-refractivity contribution is 7.99. The van der Waals surface area contributed by atoms with Crippen molar-refractivity contribution in [3.63, 3.8) is 0 Å². The van der Waals surface area contributed by atoms with Gasteiger partial charge in [-0.3, -0.25) is 9.36 Å². The van der Waals surface area contributed by atoms with Crippen molar-refractivity contribution >= 4 is 23.4 Å². The van der Waals surface area contributed by atoms with Crippen molar-refractivity contribution in [3.8, 4) is 11.4 Å². The molecule has 1 aliphatic heterocycles. The van der Waals surface area contributed by atoms with Gasteiger partial charge in [-0.2, -0.15) is 0 Å². The van der Waals surface area contributed by atoms with Crippen molar-refractivity contribution in [2.45, 2.75) is 38.8 Å². The van der Waals surface area contributed by atoms with Crippen LogP contribution < -0.4 is 9.64 Å². The molecule has 0 radical (unpaired) electrons. The van der Waals surface area contributed by atoms with E-state index in [4.69, 9.17) is 4.74 Å². The van der Waals surface area contributed by atoms with Crippen LogP contribution in [0.2, 0.25) is 0 Å². The molecule has 3 aromatic rings. The van der Waals surface area contributed by atoms with Crippen molar-refractivity contribution in [1.82, 2.24) is 14.8 Å². The monoisotopic (exact) mass is 422 g/mol. The van der Waals surface area contributed by atoms with Gasteiger partial charge in [0, 0.05) is 17.9 Å². The van der Waals surface area contributed by atoms with Gasteiger partial charge in [0.2, 0.25) is 5.91 Å². The summed E-state index contributed by atoms with van der Waals surface area (Å²) < 4.78 is 7.21. The predicted molar refractivity (Wildman–Crippen MR) is 120 cm³/mol. The number of hydrogen-bond donors (Lipinski definition) is 0. The van der Waals surface area contributed by atoms with Gasteiger partial charge in [0.1, 0.15) is 11.6 Å². The minimum Gasteiger partial charge on any atom is -0.497 e. The molecule has 0 fully saturated rings. The topological polar surface area (TPSA) is 60.2 Å². The molecule has 1 aromatic heterocycles. The van der Waals surface area contributed by atoms with E-state index in [1.54, 1.807) is 7.11 Å². The highest BCUT2D eigenvalue weighted by Gasteiger charge is 2.24. The third-order valence-corrected chi connectivity index (χ3v) is 6.36. The minimum atomic E-state index is 0.105. The third kappa shape index (κ3) is 3.94. The van der Waals surface area contributed by atoms with Gasteiger partial charge in [0.15, 0.2) is 5.16 Å². The molecule has 156 valence electrons. The fourth-order valence-corrected chi connectivity index (χ4v) is 4.88. The molecule has 7 heteroatoms. The van der Waals surface area contributed by atoms with Gasteiger partial charge in [-0.1, -0.05) is 17.8 Å². The molecule has 0 N–H and O–H groups in total. The molecular weight excluding hydrogens is 396 g/mol. The summed E-state index contributed by atoms with van der Waals surface area (Å²) in [5, 5.41) is 9.23. The Kier molecular flexibility index (Phi) is 5.81. The second-order valence-corrected chi connectivity index (χ2v) is 8.52. The maximum absolute atomic E-state index is 13.1. The molecule has 0 spiro atoms. The zero-order valence-electron chi connectivity index (χ0n) is 17.8. The second-order valence-electron chi connectivity index (χ2n) is 7.58. The molecule has 0 bridgehead atoms. The summed E-state index contributed by atoms with van der Waals surface area (Å²) in [7, 11) is 1.65. The molecular formula is C23H26N4O2S. The van der Waals surface area contributed by atoms with Gasteiger partial charge in [-0.05, 0) is 80.6 Å². The molecule has 4 rings (SSSR count). The first-order valence-electron chi connectivity index (χ1n) is 10.1.